The van der Waals surface area contributed by atoms with Gasteiger partial charge in [0.05, 0.1) is 0 Å². The Morgan fingerprint density at radius 1 is 1.00 bits per heavy atom. The van der Waals surface area contributed by atoms with Gasteiger partial charge in [0.25, 0.3) is 0 Å². The number of hydrogen-bond acceptors (Lipinski definition) is 3. The summed E-state index contributed by atoms with van der Waals surface area (Å²) in [5, 5.41) is 2.25. The number of hydrogen-bond donors (Lipinski definition) is 1. The maximum absolute atomic E-state index is 9.06. The number of carbonyl (C=O) groups excluding carboxylic acids is 1. The molecule has 1 amide bonds. The number of piperidine rings is 1. The summed E-state index contributed by atoms with van der Waals surface area (Å²) in [6, 6.07) is 19.8. The molecule has 4 nitrogen and oxygen atoms in total. The molecule has 0 saturated carbocycles. The minimum atomic E-state index is 0.625. The van der Waals surface area contributed by atoms with E-state index in [0.29, 0.717) is 6.41 Å². The van der Waals surface area contributed by atoms with Crippen molar-refractivity contribution in [2.45, 2.75) is 47.0 Å². The van der Waals surface area contributed by atoms with Crippen molar-refractivity contribution >= 4 is 12.5 Å². The SMILES string of the molecule is C=Cc1cccnc1.CC.CNC=O.Cc1ccc(-c2ccc(CC3CCN(C)CC3)cc2)cc1C. The maximum Gasteiger partial charge on any atom is 0.206 e. The van der Waals surface area contributed by atoms with Gasteiger partial charge in [-0.05, 0) is 98.6 Å². The molecule has 1 fully saturated rings. The first-order valence-electron chi connectivity index (χ1n) is 12.9. The summed E-state index contributed by atoms with van der Waals surface area (Å²) in [6.45, 7) is 14.5. The first kappa shape index (κ1) is 30.8. The molecule has 194 valence electrons. The summed E-state index contributed by atoms with van der Waals surface area (Å²) in [6.07, 6.45) is 9.83. The van der Waals surface area contributed by atoms with Crippen molar-refractivity contribution < 1.29 is 4.79 Å². The summed E-state index contributed by atoms with van der Waals surface area (Å²) in [5.41, 5.74) is 7.94. The molecule has 2 aromatic carbocycles. The molecule has 1 aliphatic heterocycles. The Morgan fingerprint density at radius 3 is 2.08 bits per heavy atom. The molecule has 4 heteroatoms. The highest BCUT2D eigenvalue weighted by molar-refractivity contribution is 5.65. The van der Waals surface area contributed by atoms with Gasteiger partial charge in [0, 0.05) is 19.4 Å². The Labute approximate surface area is 219 Å². The van der Waals surface area contributed by atoms with E-state index in [1.54, 1.807) is 25.5 Å². The van der Waals surface area contributed by atoms with Gasteiger partial charge in [-0.3, -0.25) is 9.78 Å². The van der Waals surface area contributed by atoms with E-state index in [-0.39, 0.29) is 0 Å². The lowest BCUT2D eigenvalue weighted by atomic mass is 9.89. The molecule has 4 rings (SSSR count). The predicted molar refractivity (Wildman–Crippen MR) is 156 cm³/mol. The second-order valence-corrected chi connectivity index (χ2v) is 8.84. The van der Waals surface area contributed by atoms with Crippen LogP contribution in [0.3, 0.4) is 0 Å². The van der Waals surface area contributed by atoms with Crippen LogP contribution >= 0.6 is 0 Å². The molecule has 36 heavy (non-hydrogen) atoms. The third-order valence-electron chi connectivity index (χ3n) is 6.19. The predicted octanol–water partition coefficient (Wildman–Crippen LogP) is 6.97. The lowest BCUT2D eigenvalue weighted by Crippen LogP contribution is -2.30. The van der Waals surface area contributed by atoms with Gasteiger partial charge in [0.2, 0.25) is 6.41 Å². The first-order chi connectivity index (χ1) is 17.5. The summed E-state index contributed by atoms with van der Waals surface area (Å²) in [4.78, 5) is 15.4. The third kappa shape index (κ3) is 11.5. The van der Waals surface area contributed by atoms with E-state index in [2.05, 4.69) is 85.1 Å². The van der Waals surface area contributed by atoms with Crippen LogP contribution in [-0.4, -0.2) is 43.5 Å². The smallest absolute Gasteiger partial charge is 0.206 e. The van der Waals surface area contributed by atoms with Gasteiger partial charge >= 0.3 is 0 Å². The quantitative estimate of drug-likeness (QED) is 0.395. The largest absolute Gasteiger partial charge is 0.362 e. The summed E-state index contributed by atoms with van der Waals surface area (Å²) in [5.74, 6) is 0.865. The van der Waals surface area contributed by atoms with E-state index in [4.69, 9.17) is 4.79 Å². The molecular weight excluding hydrogens is 442 g/mol. The number of carbonyl (C=O) groups is 1. The Bertz CT molecular complexity index is 992. The molecule has 0 radical (unpaired) electrons. The van der Waals surface area contributed by atoms with Crippen LogP contribution in [0.15, 0.2) is 73.6 Å². The molecule has 0 aliphatic carbocycles. The maximum atomic E-state index is 9.06. The number of likely N-dealkylation sites (tertiary alicyclic amines) is 1. The molecule has 0 atom stereocenters. The highest BCUT2D eigenvalue weighted by Gasteiger charge is 2.16. The average molecular weight is 488 g/mol. The highest BCUT2D eigenvalue weighted by atomic mass is 16.1. The molecular formula is C32H45N3O. The fraction of sp³-hybridized carbons (Fsp3) is 0.375. The van der Waals surface area contributed by atoms with Crippen LogP contribution in [0.5, 0.6) is 0 Å². The molecule has 0 unspecified atom stereocenters. The Morgan fingerprint density at radius 2 is 1.61 bits per heavy atom. The van der Waals surface area contributed by atoms with Crippen LogP contribution in [0.2, 0.25) is 0 Å². The lowest BCUT2D eigenvalue weighted by Gasteiger charge is -2.29. The number of nitrogens with zero attached hydrogens (tertiary/aromatic N) is 2. The van der Waals surface area contributed by atoms with Crippen molar-refractivity contribution in [2.24, 2.45) is 5.92 Å². The second-order valence-electron chi connectivity index (χ2n) is 8.84. The van der Waals surface area contributed by atoms with Gasteiger partial charge in [0.1, 0.15) is 0 Å². The van der Waals surface area contributed by atoms with Crippen molar-refractivity contribution in [3.8, 4) is 11.1 Å². The number of rotatable bonds is 5. The fourth-order valence-corrected chi connectivity index (χ4v) is 3.85. The van der Waals surface area contributed by atoms with Gasteiger partial charge in [-0.1, -0.05) is 75.0 Å². The van der Waals surface area contributed by atoms with Crippen LogP contribution in [0.4, 0.5) is 0 Å². The molecule has 3 aromatic rings. The normalized spacial score (nSPS) is 12.9. The molecule has 1 N–H and O–H groups in total. The van der Waals surface area contributed by atoms with Gasteiger partial charge < -0.3 is 10.2 Å². The van der Waals surface area contributed by atoms with Crippen LogP contribution in [0.1, 0.15) is 48.9 Å². The molecule has 1 aromatic heterocycles. The van der Waals surface area contributed by atoms with E-state index < -0.39 is 0 Å². The van der Waals surface area contributed by atoms with Crippen LogP contribution in [0.25, 0.3) is 17.2 Å². The van der Waals surface area contributed by atoms with Gasteiger partial charge in [-0.2, -0.15) is 0 Å². The summed E-state index contributed by atoms with van der Waals surface area (Å²) < 4.78 is 0. The molecule has 0 spiro atoms. The van der Waals surface area contributed by atoms with Crippen molar-refractivity contribution in [1.29, 1.82) is 0 Å². The van der Waals surface area contributed by atoms with Crippen molar-refractivity contribution in [3.63, 3.8) is 0 Å². The van der Waals surface area contributed by atoms with Crippen molar-refractivity contribution in [1.82, 2.24) is 15.2 Å². The zero-order chi connectivity index (χ0) is 26.8. The van der Waals surface area contributed by atoms with E-state index >= 15 is 0 Å². The molecule has 1 saturated heterocycles. The number of benzene rings is 2. The van der Waals surface area contributed by atoms with Crippen molar-refractivity contribution in [2.75, 3.05) is 27.2 Å². The topological polar surface area (TPSA) is 45.2 Å². The van der Waals surface area contributed by atoms with E-state index in [9.17, 15) is 0 Å². The van der Waals surface area contributed by atoms with Crippen molar-refractivity contribution in [3.05, 3.63) is 95.8 Å². The first-order valence-corrected chi connectivity index (χ1v) is 12.9. The molecule has 1 aliphatic rings. The summed E-state index contributed by atoms with van der Waals surface area (Å²) >= 11 is 0. The lowest BCUT2D eigenvalue weighted by molar-refractivity contribution is -0.109. The van der Waals surface area contributed by atoms with Gasteiger partial charge in [0.15, 0.2) is 0 Å². The zero-order valence-corrected chi connectivity index (χ0v) is 23.1. The minimum Gasteiger partial charge on any atom is -0.362 e. The average Bonchev–Trinajstić information content (AvgIpc) is 2.94. The zero-order valence-electron chi connectivity index (χ0n) is 23.1. The Kier molecular flexibility index (Phi) is 15.5. The third-order valence-corrected chi connectivity index (χ3v) is 6.19. The standard InChI is InChI=1S/C21H27N.C7H7N.C2H5NO.C2H6/c1-16-4-7-21(14-17(16)2)20-8-5-18(6-9-20)15-19-10-12-22(3)13-11-19;1-2-7-4-3-5-8-6-7;1-3-2-4;1-2/h4-9,14,19H,10-13,15H2,1-3H3;2-6H,1H2;2H,1H3,(H,3,4);1-2H3. The number of pyridine rings is 1. The second kappa shape index (κ2) is 18.1. The molecule has 0 bridgehead atoms. The Balaban J connectivity index is 0.000000382. The number of aryl methyl sites for hydroxylation is 2. The Hall–Kier alpha value is -3.24. The van der Waals surface area contributed by atoms with Crippen LogP contribution < -0.4 is 5.32 Å². The van der Waals surface area contributed by atoms with E-state index in [0.717, 1.165) is 11.5 Å². The molecule has 2 heterocycles. The van der Waals surface area contributed by atoms with Gasteiger partial charge in [-0.25, -0.2) is 0 Å². The van der Waals surface area contributed by atoms with Gasteiger partial charge in [-0.15, -0.1) is 0 Å². The number of aromatic nitrogens is 1. The van der Waals surface area contributed by atoms with Crippen LogP contribution in [-0.2, 0) is 11.2 Å². The van der Waals surface area contributed by atoms with E-state index in [1.165, 1.54) is 60.2 Å². The fourth-order valence-electron chi connectivity index (χ4n) is 3.85. The minimum absolute atomic E-state index is 0.625. The monoisotopic (exact) mass is 487 g/mol. The van der Waals surface area contributed by atoms with E-state index in [1.807, 2.05) is 26.0 Å². The number of nitrogens with one attached hydrogen (secondary N) is 1. The van der Waals surface area contributed by atoms with Crippen LogP contribution in [0, 0.1) is 19.8 Å². The number of amides is 1. The summed E-state index contributed by atoms with van der Waals surface area (Å²) in [7, 11) is 3.79. The highest BCUT2D eigenvalue weighted by Crippen LogP contribution is 2.25.